The predicted molar refractivity (Wildman–Crippen MR) is 98.0 cm³/mol. The predicted octanol–water partition coefficient (Wildman–Crippen LogP) is 4.53. The lowest BCUT2D eigenvalue weighted by Crippen LogP contribution is -2.44. The van der Waals surface area contributed by atoms with Crippen LogP contribution in [-0.4, -0.2) is 17.9 Å². The maximum atomic E-state index is 13.7. The SMILES string of the molecule is CCC(C)(C)C1CCC(NC(=O)C(=O)Nc2ccc(Cl)cc2F)CC1. The van der Waals surface area contributed by atoms with Gasteiger partial charge < -0.3 is 10.6 Å². The third-order valence-corrected chi connectivity index (χ3v) is 5.70. The fraction of sp³-hybridized carbons (Fsp3) is 0.579. The van der Waals surface area contributed by atoms with E-state index in [9.17, 15) is 14.0 Å². The zero-order chi connectivity index (χ0) is 18.6. The molecule has 1 aliphatic carbocycles. The van der Waals surface area contributed by atoms with Gasteiger partial charge in [-0.15, -0.1) is 0 Å². The molecule has 2 amide bonds. The van der Waals surface area contributed by atoms with Crippen LogP contribution in [0.3, 0.4) is 0 Å². The molecule has 6 heteroatoms. The van der Waals surface area contributed by atoms with Gasteiger partial charge >= 0.3 is 11.8 Å². The highest BCUT2D eigenvalue weighted by Crippen LogP contribution is 2.40. The Morgan fingerprint density at radius 2 is 1.84 bits per heavy atom. The summed E-state index contributed by atoms with van der Waals surface area (Å²) in [7, 11) is 0. The van der Waals surface area contributed by atoms with Crippen LogP contribution in [0.15, 0.2) is 18.2 Å². The van der Waals surface area contributed by atoms with Crippen molar-refractivity contribution in [3.05, 3.63) is 29.0 Å². The lowest BCUT2D eigenvalue weighted by molar-refractivity contribution is -0.136. The van der Waals surface area contributed by atoms with Gasteiger partial charge in [0.05, 0.1) is 5.69 Å². The van der Waals surface area contributed by atoms with Crippen molar-refractivity contribution < 1.29 is 14.0 Å². The summed E-state index contributed by atoms with van der Waals surface area (Å²) in [5.74, 6) is -1.62. The summed E-state index contributed by atoms with van der Waals surface area (Å²) in [6, 6.07) is 3.87. The van der Waals surface area contributed by atoms with Gasteiger partial charge in [0.25, 0.3) is 0 Å². The first kappa shape index (κ1) is 19.7. The summed E-state index contributed by atoms with van der Waals surface area (Å²) in [6.45, 7) is 6.77. The third-order valence-electron chi connectivity index (χ3n) is 5.46. The number of carbonyl (C=O) groups is 2. The van der Waals surface area contributed by atoms with Gasteiger partial charge in [-0.05, 0) is 55.2 Å². The number of carbonyl (C=O) groups excluding carboxylic acids is 2. The van der Waals surface area contributed by atoms with Crippen LogP contribution in [0.4, 0.5) is 10.1 Å². The molecule has 0 unspecified atom stereocenters. The van der Waals surface area contributed by atoms with Gasteiger partial charge in [-0.2, -0.15) is 0 Å². The summed E-state index contributed by atoms with van der Waals surface area (Å²) >= 11 is 5.67. The van der Waals surface area contributed by atoms with Crippen LogP contribution in [0.5, 0.6) is 0 Å². The minimum Gasteiger partial charge on any atom is -0.345 e. The van der Waals surface area contributed by atoms with Gasteiger partial charge in [-0.1, -0.05) is 38.8 Å². The maximum Gasteiger partial charge on any atom is 0.313 e. The van der Waals surface area contributed by atoms with Gasteiger partial charge in [0.15, 0.2) is 0 Å². The Morgan fingerprint density at radius 3 is 2.40 bits per heavy atom. The van der Waals surface area contributed by atoms with Gasteiger partial charge in [0.1, 0.15) is 5.82 Å². The van der Waals surface area contributed by atoms with Crippen molar-refractivity contribution in [1.29, 1.82) is 0 Å². The van der Waals surface area contributed by atoms with E-state index < -0.39 is 17.6 Å². The molecule has 0 heterocycles. The van der Waals surface area contributed by atoms with Crippen molar-refractivity contribution in [2.45, 2.75) is 58.9 Å². The monoisotopic (exact) mass is 368 g/mol. The summed E-state index contributed by atoms with van der Waals surface area (Å²) < 4.78 is 13.7. The summed E-state index contributed by atoms with van der Waals surface area (Å²) in [6.07, 6.45) is 4.94. The first-order chi connectivity index (χ1) is 11.7. The summed E-state index contributed by atoms with van der Waals surface area (Å²) in [5.41, 5.74) is 0.247. The van der Waals surface area contributed by atoms with E-state index in [1.54, 1.807) is 0 Å². The van der Waals surface area contributed by atoms with Crippen LogP contribution in [-0.2, 0) is 9.59 Å². The normalized spacial score (nSPS) is 20.8. The van der Waals surface area contributed by atoms with Crippen LogP contribution in [0.2, 0.25) is 5.02 Å². The van der Waals surface area contributed by atoms with E-state index in [4.69, 9.17) is 11.6 Å². The van der Waals surface area contributed by atoms with Crippen LogP contribution in [0.25, 0.3) is 0 Å². The van der Waals surface area contributed by atoms with Gasteiger partial charge in [-0.25, -0.2) is 4.39 Å². The Bertz CT molecular complexity index is 640. The van der Waals surface area contributed by atoms with Crippen molar-refractivity contribution in [2.75, 3.05) is 5.32 Å². The molecule has 0 aromatic heterocycles. The summed E-state index contributed by atoms with van der Waals surface area (Å²) in [4.78, 5) is 24.0. The van der Waals surface area contributed by atoms with Crippen LogP contribution in [0.1, 0.15) is 52.9 Å². The fourth-order valence-corrected chi connectivity index (χ4v) is 3.49. The first-order valence-electron chi connectivity index (χ1n) is 8.80. The second kappa shape index (κ2) is 8.17. The van der Waals surface area contributed by atoms with Crippen LogP contribution < -0.4 is 10.6 Å². The molecule has 25 heavy (non-hydrogen) atoms. The molecule has 0 atom stereocenters. The van der Waals surface area contributed by atoms with E-state index in [1.807, 2.05) is 0 Å². The van der Waals surface area contributed by atoms with E-state index in [0.717, 1.165) is 38.2 Å². The Morgan fingerprint density at radius 1 is 1.20 bits per heavy atom. The molecule has 1 aromatic rings. The molecule has 4 nitrogen and oxygen atoms in total. The molecule has 2 N–H and O–H groups in total. The molecule has 2 rings (SSSR count). The Hall–Kier alpha value is -1.62. The topological polar surface area (TPSA) is 58.2 Å². The average Bonchev–Trinajstić information content (AvgIpc) is 2.57. The van der Waals surface area contributed by atoms with Crippen LogP contribution in [0, 0.1) is 17.2 Å². The highest BCUT2D eigenvalue weighted by atomic mass is 35.5. The Labute approximate surface area is 153 Å². The quantitative estimate of drug-likeness (QED) is 0.767. The summed E-state index contributed by atoms with van der Waals surface area (Å²) in [5, 5.41) is 5.27. The molecule has 1 saturated carbocycles. The number of anilines is 1. The maximum absolute atomic E-state index is 13.7. The fourth-order valence-electron chi connectivity index (χ4n) is 3.33. The van der Waals surface area contributed by atoms with Gasteiger partial charge in [-0.3, -0.25) is 9.59 Å². The molecule has 0 spiro atoms. The lowest BCUT2D eigenvalue weighted by Gasteiger charge is -2.39. The molecule has 1 fully saturated rings. The first-order valence-corrected chi connectivity index (χ1v) is 9.17. The van der Waals surface area contributed by atoms with Crippen molar-refractivity contribution in [3.8, 4) is 0 Å². The lowest BCUT2D eigenvalue weighted by atomic mass is 9.69. The smallest absolute Gasteiger partial charge is 0.313 e. The molecule has 1 aromatic carbocycles. The molecule has 0 saturated heterocycles. The molecule has 0 radical (unpaired) electrons. The number of amides is 2. The largest absolute Gasteiger partial charge is 0.345 e. The second-order valence-corrected chi connectivity index (χ2v) is 7.88. The van der Waals surface area contributed by atoms with Crippen molar-refractivity contribution in [1.82, 2.24) is 5.32 Å². The highest BCUT2D eigenvalue weighted by molar-refractivity contribution is 6.39. The van der Waals surface area contributed by atoms with E-state index in [-0.39, 0.29) is 16.8 Å². The molecular weight excluding hydrogens is 343 g/mol. The van der Waals surface area contributed by atoms with E-state index in [2.05, 4.69) is 31.4 Å². The number of hydrogen-bond acceptors (Lipinski definition) is 2. The Kier molecular flexibility index (Phi) is 6.44. The third kappa shape index (κ3) is 5.18. The molecule has 0 aliphatic heterocycles. The number of nitrogens with one attached hydrogen (secondary N) is 2. The molecule has 0 bridgehead atoms. The number of halogens is 2. The minimum absolute atomic E-state index is 0.00257. The standard InChI is InChI=1S/C19H26ClFN2O2/c1-4-19(2,3)12-5-8-14(9-6-12)22-17(24)18(25)23-16-10-7-13(20)11-15(16)21/h7,10-12,14H,4-6,8-9H2,1-3H3,(H,22,24)(H,23,25). The average molecular weight is 369 g/mol. The number of hydrogen-bond donors (Lipinski definition) is 2. The minimum atomic E-state index is -0.864. The molecule has 1 aliphatic rings. The van der Waals surface area contributed by atoms with Crippen molar-refractivity contribution in [3.63, 3.8) is 0 Å². The van der Waals surface area contributed by atoms with Gasteiger partial charge in [0, 0.05) is 11.1 Å². The molecule has 138 valence electrons. The van der Waals surface area contributed by atoms with Crippen molar-refractivity contribution >= 4 is 29.1 Å². The second-order valence-electron chi connectivity index (χ2n) is 7.44. The Balaban J connectivity index is 1.85. The zero-order valence-corrected chi connectivity index (χ0v) is 15.8. The van der Waals surface area contributed by atoms with Crippen LogP contribution >= 0.6 is 11.6 Å². The van der Waals surface area contributed by atoms with Crippen molar-refractivity contribution in [2.24, 2.45) is 11.3 Å². The number of benzene rings is 1. The van der Waals surface area contributed by atoms with Gasteiger partial charge in [0.2, 0.25) is 0 Å². The van der Waals surface area contributed by atoms with E-state index >= 15 is 0 Å². The molecular formula is C19H26ClFN2O2. The zero-order valence-electron chi connectivity index (χ0n) is 15.0. The highest BCUT2D eigenvalue weighted by Gasteiger charge is 2.32. The number of rotatable bonds is 4. The van der Waals surface area contributed by atoms with E-state index in [0.29, 0.717) is 11.3 Å². The van der Waals surface area contributed by atoms with E-state index in [1.165, 1.54) is 12.1 Å².